The number of ether oxygens (including phenoxy) is 1. The van der Waals surface area contributed by atoms with Gasteiger partial charge in [0.2, 0.25) is 0 Å². The van der Waals surface area contributed by atoms with Gasteiger partial charge in [0.05, 0.1) is 5.69 Å². The number of alkyl halides is 3. The maximum Gasteiger partial charge on any atom is 0.573 e. The first-order chi connectivity index (χ1) is 9.04. The van der Waals surface area contributed by atoms with Crippen molar-refractivity contribution in [2.45, 2.75) is 12.9 Å². The third-order valence-electron chi connectivity index (χ3n) is 2.35. The average molecular weight is 268 g/mol. The highest BCUT2D eigenvalue weighted by Crippen LogP contribution is 2.30. The molecule has 1 N–H and O–H groups in total. The monoisotopic (exact) mass is 268 g/mol. The van der Waals surface area contributed by atoms with E-state index in [-0.39, 0.29) is 11.4 Å². The van der Waals surface area contributed by atoms with E-state index in [4.69, 9.17) is 0 Å². The standard InChI is InChI=1S/C13H11F3N2O/c14-13(15,16)19-12-4-2-1-3-11(12)18-9-10-5-7-17-8-6-10/h1-8,18H,9H2. The van der Waals surface area contributed by atoms with Crippen LogP contribution in [0.1, 0.15) is 5.56 Å². The van der Waals surface area contributed by atoms with Gasteiger partial charge in [0.25, 0.3) is 0 Å². The first-order valence-corrected chi connectivity index (χ1v) is 5.52. The van der Waals surface area contributed by atoms with Crippen molar-refractivity contribution in [3.05, 3.63) is 54.4 Å². The first-order valence-electron chi connectivity index (χ1n) is 5.52. The van der Waals surface area contributed by atoms with E-state index in [2.05, 4.69) is 15.0 Å². The molecule has 100 valence electrons. The molecule has 0 unspecified atom stereocenters. The Balaban J connectivity index is 2.08. The maximum absolute atomic E-state index is 12.2. The summed E-state index contributed by atoms with van der Waals surface area (Å²) in [5, 5.41) is 2.90. The summed E-state index contributed by atoms with van der Waals surface area (Å²) >= 11 is 0. The smallest absolute Gasteiger partial charge is 0.404 e. The lowest BCUT2D eigenvalue weighted by atomic mass is 10.2. The van der Waals surface area contributed by atoms with Crippen LogP contribution in [0, 0.1) is 0 Å². The van der Waals surface area contributed by atoms with Crippen LogP contribution in [0.25, 0.3) is 0 Å². The number of nitrogens with one attached hydrogen (secondary N) is 1. The number of rotatable bonds is 4. The molecular formula is C13H11F3N2O. The zero-order valence-corrected chi connectivity index (χ0v) is 9.82. The van der Waals surface area contributed by atoms with Gasteiger partial charge in [-0.25, -0.2) is 0 Å². The number of nitrogens with zero attached hydrogens (tertiary/aromatic N) is 1. The fourth-order valence-electron chi connectivity index (χ4n) is 1.52. The summed E-state index contributed by atoms with van der Waals surface area (Å²) < 4.78 is 40.6. The van der Waals surface area contributed by atoms with E-state index >= 15 is 0 Å². The fraction of sp³-hybridized carbons (Fsp3) is 0.154. The Bertz CT molecular complexity index is 529. The van der Waals surface area contributed by atoms with Gasteiger partial charge in [0.15, 0.2) is 5.75 Å². The summed E-state index contributed by atoms with van der Waals surface area (Å²) in [5.74, 6) is -0.246. The van der Waals surface area contributed by atoms with Crippen molar-refractivity contribution in [3.8, 4) is 5.75 Å². The quantitative estimate of drug-likeness (QED) is 0.920. The molecule has 0 aliphatic heterocycles. The predicted molar refractivity (Wildman–Crippen MR) is 64.7 cm³/mol. The van der Waals surface area contributed by atoms with Gasteiger partial charge in [0.1, 0.15) is 0 Å². The summed E-state index contributed by atoms with van der Waals surface area (Å²) in [5.41, 5.74) is 1.20. The molecular weight excluding hydrogens is 257 g/mol. The minimum absolute atomic E-state index is 0.246. The highest BCUT2D eigenvalue weighted by atomic mass is 19.4. The van der Waals surface area contributed by atoms with E-state index in [1.807, 2.05) is 0 Å². The molecule has 2 aromatic rings. The summed E-state index contributed by atoms with van der Waals surface area (Å²) in [4.78, 5) is 3.87. The SMILES string of the molecule is FC(F)(F)Oc1ccccc1NCc1ccncc1. The summed E-state index contributed by atoms with van der Waals surface area (Å²) in [6, 6.07) is 9.47. The third-order valence-corrected chi connectivity index (χ3v) is 2.35. The number of pyridine rings is 1. The van der Waals surface area contributed by atoms with Crippen LogP contribution >= 0.6 is 0 Å². The number of anilines is 1. The number of para-hydroxylation sites is 2. The fourth-order valence-corrected chi connectivity index (χ4v) is 1.52. The Morgan fingerprint density at radius 2 is 1.74 bits per heavy atom. The van der Waals surface area contributed by atoms with Crippen LogP contribution in [0.2, 0.25) is 0 Å². The zero-order chi connectivity index (χ0) is 13.7. The largest absolute Gasteiger partial charge is 0.573 e. The average Bonchev–Trinajstić information content (AvgIpc) is 2.37. The van der Waals surface area contributed by atoms with Gasteiger partial charge in [-0.1, -0.05) is 12.1 Å². The van der Waals surface area contributed by atoms with E-state index in [0.717, 1.165) is 5.56 Å². The Morgan fingerprint density at radius 3 is 2.42 bits per heavy atom. The van der Waals surface area contributed by atoms with Crippen molar-refractivity contribution >= 4 is 5.69 Å². The van der Waals surface area contributed by atoms with Gasteiger partial charge in [-0.3, -0.25) is 4.98 Å². The number of hydrogen-bond acceptors (Lipinski definition) is 3. The van der Waals surface area contributed by atoms with Crippen molar-refractivity contribution in [2.75, 3.05) is 5.32 Å². The molecule has 1 aromatic carbocycles. The van der Waals surface area contributed by atoms with Crippen molar-refractivity contribution < 1.29 is 17.9 Å². The summed E-state index contributed by atoms with van der Waals surface area (Å²) in [6.07, 6.45) is -1.46. The van der Waals surface area contributed by atoms with Crippen LogP contribution in [0.4, 0.5) is 18.9 Å². The van der Waals surface area contributed by atoms with Crippen molar-refractivity contribution in [1.82, 2.24) is 4.98 Å². The molecule has 0 spiro atoms. The second kappa shape index (κ2) is 5.60. The zero-order valence-electron chi connectivity index (χ0n) is 9.82. The summed E-state index contributed by atoms with van der Waals surface area (Å²) in [6.45, 7) is 0.390. The molecule has 1 aromatic heterocycles. The molecule has 0 aliphatic rings. The highest BCUT2D eigenvalue weighted by Gasteiger charge is 2.31. The number of halogens is 3. The van der Waals surface area contributed by atoms with Crippen LogP contribution in [-0.2, 0) is 6.54 Å². The minimum Gasteiger partial charge on any atom is -0.404 e. The minimum atomic E-state index is -4.70. The molecule has 2 rings (SSSR count). The highest BCUT2D eigenvalue weighted by molar-refractivity contribution is 5.56. The number of aromatic nitrogens is 1. The van der Waals surface area contributed by atoms with Crippen LogP contribution in [0.3, 0.4) is 0 Å². The molecule has 6 heteroatoms. The number of benzene rings is 1. The summed E-state index contributed by atoms with van der Waals surface area (Å²) in [7, 11) is 0. The van der Waals surface area contributed by atoms with Gasteiger partial charge in [-0.05, 0) is 29.8 Å². The van der Waals surface area contributed by atoms with E-state index < -0.39 is 6.36 Å². The van der Waals surface area contributed by atoms with Gasteiger partial charge in [-0.2, -0.15) is 0 Å². The lowest BCUT2D eigenvalue weighted by molar-refractivity contribution is -0.274. The molecule has 0 bridgehead atoms. The van der Waals surface area contributed by atoms with E-state index in [0.29, 0.717) is 6.54 Å². The molecule has 0 radical (unpaired) electrons. The van der Waals surface area contributed by atoms with Crippen molar-refractivity contribution in [3.63, 3.8) is 0 Å². The van der Waals surface area contributed by atoms with Crippen LogP contribution in [0.5, 0.6) is 5.75 Å². The number of hydrogen-bond donors (Lipinski definition) is 1. The molecule has 0 saturated carbocycles. The second-order valence-electron chi connectivity index (χ2n) is 3.75. The van der Waals surface area contributed by atoms with Crippen LogP contribution in [0.15, 0.2) is 48.8 Å². The Morgan fingerprint density at radius 1 is 1.05 bits per heavy atom. The van der Waals surface area contributed by atoms with Gasteiger partial charge < -0.3 is 10.1 Å². The normalized spacial score (nSPS) is 11.1. The molecule has 0 atom stereocenters. The van der Waals surface area contributed by atoms with Crippen LogP contribution in [-0.4, -0.2) is 11.3 Å². The molecule has 19 heavy (non-hydrogen) atoms. The molecule has 3 nitrogen and oxygen atoms in total. The lowest BCUT2D eigenvalue weighted by Gasteiger charge is -2.14. The maximum atomic E-state index is 12.2. The molecule has 0 aliphatic carbocycles. The van der Waals surface area contributed by atoms with Gasteiger partial charge in [-0.15, -0.1) is 13.2 Å². The van der Waals surface area contributed by atoms with E-state index in [9.17, 15) is 13.2 Å². The van der Waals surface area contributed by atoms with E-state index in [1.54, 1.807) is 30.6 Å². The predicted octanol–water partition coefficient (Wildman–Crippen LogP) is 3.59. The Labute approximate surface area is 108 Å². The van der Waals surface area contributed by atoms with Crippen molar-refractivity contribution in [2.24, 2.45) is 0 Å². The molecule has 1 heterocycles. The third kappa shape index (κ3) is 4.17. The molecule has 0 saturated heterocycles. The van der Waals surface area contributed by atoms with Crippen LogP contribution < -0.4 is 10.1 Å². The molecule has 0 amide bonds. The van der Waals surface area contributed by atoms with E-state index in [1.165, 1.54) is 18.2 Å². The second-order valence-corrected chi connectivity index (χ2v) is 3.75. The van der Waals surface area contributed by atoms with Crippen molar-refractivity contribution in [1.29, 1.82) is 0 Å². The van der Waals surface area contributed by atoms with Gasteiger partial charge in [0, 0.05) is 18.9 Å². The topological polar surface area (TPSA) is 34.1 Å². The Kier molecular flexibility index (Phi) is 3.89. The lowest BCUT2D eigenvalue weighted by Crippen LogP contribution is -2.18. The molecule has 0 fully saturated rings. The Hall–Kier alpha value is -2.24. The van der Waals surface area contributed by atoms with Gasteiger partial charge >= 0.3 is 6.36 Å². The first kappa shape index (κ1) is 13.2.